The minimum absolute atomic E-state index is 0.714. The molecule has 0 N–H and O–H groups in total. The third kappa shape index (κ3) is 3.90. The second-order valence-electron chi connectivity index (χ2n) is 4.68. The Kier molecular flexibility index (Phi) is 4.69. The average Bonchev–Trinajstić information content (AvgIpc) is 2.79. The lowest BCUT2D eigenvalue weighted by molar-refractivity contribution is 0.263. The highest BCUT2D eigenvalue weighted by molar-refractivity contribution is 6.32. The van der Waals surface area contributed by atoms with Crippen LogP contribution in [-0.2, 0) is 0 Å². The Balaban J connectivity index is 1.70. The summed E-state index contributed by atoms with van der Waals surface area (Å²) in [6.45, 7) is 6.43. The fourth-order valence-corrected chi connectivity index (χ4v) is 2.49. The van der Waals surface area contributed by atoms with E-state index in [0.717, 1.165) is 25.3 Å². The Hall–Kier alpha value is -0.730. The van der Waals surface area contributed by atoms with E-state index in [1.165, 1.54) is 31.5 Å². The molecular formula is C14H20ClNO. The van der Waals surface area contributed by atoms with Gasteiger partial charge in [-0.05, 0) is 57.0 Å². The number of ether oxygens (including phenoxy) is 1. The highest BCUT2D eigenvalue weighted by atomic mass is 35.5. The number of nitrogens with zero attached hydrogens (tertiary/aromatic N) is 1. The maximum atomic E-state index is 6.10. The molecule has 0 aromatic heterocycles. The first kappa shape index (κ1) is 12.7. The van der Waals surface area contributed by atoms with Crippen molar-refractivity contribution >= 4 is 11.6 Å². The fraction of sp³-hybridized carbons (Fsp3) is 0.571. The van der Waals surface area contributed by atoms with Gasteiger partial charge in [-0.15, -0.1) is 0 Å². The summed E-state index contributed by atoms with van der Waals surface area (Å²) >= 11 is 6.10. The van der Waals surface area contributed by atoms with Gasteiger partial charge in [0.25, 0.3) is 0 Å². The second kappa shape index (κ2) is 6.27. The van der Waals surface area contributed by atoms with E-state index < -0.39 is 0 Å². The van der Waals surface area contributed by atoms with Gasteiger partial charge in [0.05, 0.1) is 11.6 Å². The molecule has 17 heavy (non-hydrogen) atoms. The Morgan fingerprint density at radius 2 is 2.06 bits per heavy atom. The molecule has 2 nitrogen and oxygen atoms in total. The number of aryl methyl sites for hydroxylation is 1. The molecule has 0 atom stereocenters. The van der Waals surface area contributed by atoms with Crippen molar-refractivity contribution in [2.75, 3.05) is 26.2 Å². The van der Waals surface area contributed by atoms with Crippen LogP contribution in [0.2, 0.25) is 5.02 Å². The largest absolute Gasteiger partial charge is 0.492 e. The lowest BCUT2D eigenvalue weighted by Gasteiger charge is -2.14. The minimum atomic E-state index is 0.714. The highest BCUT2D eigenvalue weighted by Crippen LogP contribution is 2.25. The highest BCUT2D eigenvalue weighted by Gasteiger charge is 2.10. The predicted molar refractivity (Wildman–Crippen MR) is 72.0 cm³/mol. The van der Waals surface area contributed by atoms with Gasteiger partial charge in [-0.2, -0.15) is 0 Å². The molecule has 94 valence electrons. The van der Waals surface area contributed by atoms with Crippen LogP contribution in [0.4, 0.5) is 0 Å². The van der Waals surface area contributed by atoms with Crippen molar-refractivity contribution in [3.05, 3.63) is 28.8 Å². The number of hydrogen-bond acceptors (Lipinski definition) is 2. The van der Waals surface area contributed by atoms with E-state index >= 15 is 0 Å². The van der Waals surface area contributed by atoms with Gasteiger partial charge in [0.15, 0.2) is 0 Å². The van der Waals surface area contributed by atoms with Crippen LogP contribution < -0.4 is 4.74 Å². The van der Waals surface area contributed by atoms with Gasteiger partial charge >= 0.3 is 0 Å². The molecule has 1 aliphatic heterocycles. The maximum Gasteiger partial charge on any atom is 0.137 e. The van der Waals surface area contributed by atoms with Crippen LogP contribution in [0.3, 0.4) is 0 Å². The zero-order valence-corrected chi connectivity index (χ0v) is 11.2. The summed E-state index contributed by atoms with van der Waals surface area (Å²) in [5, 5.41) is 0.714. The summed E-state index contributed by atoms with van der Waals surface area (Å²) in [5.41, 5.74) is 1.17. The van der Waals surface area contributed by atoms with Crippen LogP contribution in [0.15, 0.2) is 18.2 Å². The molecule has 0 unspecified atom stereocenters. The lowest BCUT2D eigenvalue weighted by atomic mass is 10.2. The van der Waals surface area contributed by atoms with Crippen molar-refractivity contribution in [2.24, 2.45) is 0 Å². The third-order valence-corrected chi connectivity index (χ3v) is 3.46. The molecule has 1 saturated heterocycles. The Bertz CT molecular complexity index is 361. The molecule has 3 heteroatoms. The summed E-state index contributed by atoms with van der Waals surface area (Å²) in [7, 11) is 0. The Labute approximate surface area is 109 Å². The molecule has 0 saturated carbocycles. The molecular weight excluding hydrogens is 234 g/mol. The standard InChI is InChI=1S/C14H20ClNO/c1-12-5-6-14(13(15)11-12)17-10-4-9-16-7-2-3-8-16/h5-6,11H,2-4,7-10H2,1H3. The molecule has 0 spiro atoms. The molecule has 0 bridgehead atoms. The van der Waals surface area contributed by atoms with Crippen molar-refractivity contribution in [1.29, 1.82) is 0 Å². The summed E-state index contributed by atoms with van der Waals surface area (Å²) in [5.74, 6) is 0.804. The number of rotatable bonds is 5. The van der Waals surface area contributed by atoms with E-state index in [0.29, 0.717) is 5.02 Å². The van der Waals surface area contributed by atoms with Gasteiger partial charge in [-0.3, -0.25) is 0 Å². The lowest BCUT2D eigenvalue weighted by Crippen LogP contribution is -2.21. The van der Waals surface area contributed by atoms with Crippen LogP contribution in [0.25, 0.3) is 0 Å². The summed E-state index contributed by atoms with van der Waals surface area (Å²) in [4.78, 5) is 2.50. The average molecular weight is 254 g/mol. The van der Waals surface area contributed by atoms with Gasteiger partial charge in [0, 0.05) is 6.54 Å². The normalized spacial score (nSPS) is 16.4. The third-order valence-electron chi connectivity index (χ3n) is 3.16. The first-order chi connectivity index (χ1) is 8.25. The summed E-state index contributed by atoms with van der Waals surface area (Å²) < 4.78 is 5.69. The topological polar surface area (TPSA) is 12.5 Å². The smallest absolute Gasteiger partial charge is 0.137 e. The van der Waals surface area contributed by atoms with Crippen molar-refractivity contribution in [3.8, 4) is 5.75 Å². The van der Waals surface area contributed by atoms with Crippen LogP contribution in [-0.4, -0.2) is 31.1 Å². The molecule has 1 aromatic rings. The van der Waals surface area contributed by atoms with E-state index in [1.54, 1.807) is 0 Å². The second-order valence-corrected chi connectivity index (χ2v) is 5.09. The monoisotopic (exact) mass is 253 g/mol. The Morgan fingerprint density at radius 1 is 1.29 bits per heavy atom. The van der Waals surface area contributed by atoms with E-state index in [2.05, 4.69) is 4.90 Å². The molecule has 0 aliphatic carbocycles. The quantitative estimate of drug-likeness (QED) is 0.745. The van der Waals surface area contributed by atoms with Gasteiger partial charge in [-0.25, -0.2) is 0 Å². The predicted octanol–water partition coefficient (Wildman–Crippen LogP) is 3.51. The van der Waals surface area contributed by atoms with E-state index in [1.807, 2.05) is 25.1 Å². The number of benzene rings is 1. The fourth-order valence-electron chi connectivity index (χ4n) is 2.20. The van der Waals surface area contributed by atoms with E-state index in [4.69, 9.17) is 16.3 Å². The van der Waals surface area contributed by atoms with Crippen LogP contribution in [0.1, 0.15) is 24.8 Å². The minimum Gasteiger partial charge on any atom is -0.492 e. The van der Waals surface area contributed by atoms with Gasteiger partial charge in [-0.1, -0.05) is 17.7 Å². The maximum absolute atomic E-state index is 6.10. The van der Waals surface area contributed by atoms with Gasteiger partial charge < -0.3 is 9.64 Å². The summed E-state index contributed by atoms with van der Waals surface area (Å²) in [6.07, 6.45) is 3.78. The van der Waals surface area contributed by atoms with Gasteiger partial charge in [0.1, 0.15) is 5.75 Å². The molecule has 1 heterocycles. The molecule has 1 fully saturated rings. The van der Waals surface area contributed by atoms with Crippen LogP contribution >= 0.6 is 11.6 Å². The zero-order chi connectivity index (χ0) is 12.1. The SMILES string of the molecule is Cc1ccc(OCCCN2CCCC2)c(Cl)c1. The Morgan fingerprint density at radius 3 is 2.76 bits per heavy atom. The number of hydrogen-bond donors (Lipinski definition) is 0. The number of halogens is 1. The zero-order valence-electron chi connectivity index (χ0n) is 10.4. The van der Waals surface area contributed by atoms with E-state index in [9.17, 15) is 0 Å². The molecule has 1 aliphatic rings. The van der Waals surface area contributed by atoms with Crippen molar-refractivity contribution in [3.63, 3.8) is 0 Å². The van der Waals surface area contributed by atoms with Gasteiger partial charge in [0.2, 0.25) is 0 Å². The van der Waals surface area contributed by atoms with Crippen LogP contribution in [0, 0.1) is 6.92 Å². The van der Waals surface area contributed by atoms with Crippen LogP contribution in [0.5, 0.6) is 5.75 Å². The van der Waals surface area contributed by atoms with Crippen molar-refractivity contribution in [2.45, 2.75) is 26.2 Å². The molecule has 0 radical (unpaired) electrons. The van der Waals surface area contributed by atoms with Crippen molar-refractivity contribution < 1.29 is 4.74 Å². The number of likely N-dealkylation sites (tertiary alicyclic amines) is 1. The first-order valence-corrected chi connectivity index (χ1v) is 6.75. The molecule has 2 rings (SSSR count). The molecule has 0 amide bonds. The van der Waals surface area contributed by atoms with Crippen molar-refractivity contribution in [1.82, 2.24) is 4.90 Å². The first-order valence-electron chi connectivity index (χ1n) is 6.37. The molecule has 1 aromatic carbocycles. The summed E-state index contributed by atoms with van der Waals surface area (Å²) in [6, 6.07) is 5.92. The van der Waals surface area contributed by atoms with E-state index in [-0.39, 0.29) is 0 Å².